The van der Waals surface area contributed by atoms with Gasteiger partial charge in [-0.3, -0.25) is 0 Å². The molecule has 0 fully saturated rings. The van der Waals surface area contributed by atoms with Crippen molar-refractivity contribution in [1.82, 2.24) is 19.7 Å². The van der Waals surface area contributed by atoms with Gasteiger partial charge in [-0.05, 0) is 55.5 Å². The molecule has 0 bridgehead atoms. The fourth-order valence-corrected chi connectivity index (χ4v) is 2.91. The summed E-state index contributed by atoms with van der Waals surface area (Å²) < 4.78 is 6.99. The lowest BCUT2D eigenvalue weighted by atomic mass is 10.2. The van der Waals surface area contributed by atoms with Gasteiger partial charge in [0.2, 0.25) is 0 Å². The van der Waals surface area contributed by atoms with Crippen LogP contribution in [0, 0.1) is 6.92 Å². The smallest absolute Gasteiger partial charge is 0.168 e. The van der Waals surface area contributed by atoms with E-state index in [0.29, 0.717) is 10.8 Å². The van der Waals surface area contributed by atoms with Crippen LogP contribution in [0.15, 0.2) is 54.9 Å². The minimum Gasteiger partial charge on any atom is -0.497 e. The van der Waals surface area contributed by atoms with Crippen LogP contribution < -0.4 is 10.1 Å². The molecule has 0 aliphatic heterocycles. The van der Waals surface area contributed by atoms with Gasteiger partial charge < -0.3 is 10.1 Å². The number of benzene rings is 2. The molecule has 0 aliphatic rings. The van der Waals surface area contributed by atoms with E-state index < -0.39 is 0 Å². The molecule has 0 aliphatic carbocycles. The van der Waals surface area contributed by atoms with E-state index in [4.69, 9.17) is 16.3 Å². The molecule has 7 heteroatoms. The first-order chi connectivity index (χ1) is 12.7. The van der Waals surface area contributed by atoms with Gasteiger partial charge in [-0.25, -0.2) is 14.6 Å². The van der Waals surface area contributed by atoms with Gasteiger partial charge in [-0.1, -0.05) is 11.6 Å². The lowest BCUT2D eigenvalue weighted by molar-refractivity contribution is 0.415. The van der Waals surface area contributed by atoms with Crippen molar-refractivity contribution in [2.45, 2.75) is 6.92 Å². The van der Waals surface area contributed by atoms with Crippen LogP contribution in [0.25, 0.3) is 16.7 Å². The molecular formula is C19H16ClN5O. The van der Waals surface area contributed by atoms with Gasteiger partial charge in [0.1, 0.15) is 17.9 Å². The summed E-state index contributed by atoms with van der Waals surface area (Å²) in [6, 6.07) is 15.1. The molecule has 6 nitrogen and oxygen atoms in total. The number of ether oxygens (including phenoxy) is 1. The Kier molecular flexibility index (Phi) is 4.18. The van der Waals surface area contributed by atoms with E-state index in [-0.39, 0.29) is 0 Å². The van der Waals surface area contributed by atoms with Gasteiger partial charge in [-0.15, -0.1) is 0 Å². The molecule has 2 aromatic heterocycles. The Hall–Kier alpha value is -3.12. The van der Waals surface area contributed by atoms with E-state index >= 15 is 0 Å². The zero-order valence-corrected chi connectivity index (χ0v) is 15.0. The number of methoxy groups -OCH3 is 1. The molecule has 0 amide bonds. The van der Waals surface area contributed by atoms with Crippen molar-refractivity contribution >= 4 is 34.1 Å². The summed E-state index contributed by atoms with van der Waals surface area (Å²) in [6.07, 6.45) is 1.53. The highest BCUT2D eigenvalue weighted by molar-refractivity contribution is 6.30. The van der Waals surface area contributed by atoms with Crippen LogP contribution in [0.4, 0.5) is 11.5 Å². The highest BCUT2D eigenvalue weighted by Gasteiger charge is 2.15. The topological polar surface area (TPSA) is 64.9 Å². The van der Waals surface area contributed by atoms with Gasteiger partial charge in [0, 0.05) is 10.7 Å². The Bertz CT molecular complexity index is 1060. The normalized spacial score (nSPS) is 10.9. The summed E-state index contributed by atoms with van der Waals surface area (Å²) in [6.45, 7) is 1.94. The SMILES string of the molecule is COc1ccc(Nc2ncnc3c2c(C)nn3-c2ccc(Cl)cc2)cc1. The van der Waals surface area contributed by atoms with E-state index in [0.717, 1.165) is 33.9 Å². The number of halogens is 1. The van der Waals surface area contributed by atoms with Gasteiger partial charge in [0.05, 0.1) is 23.9 Å². The quantitative estimate of drug-likeness (QED) is 0.575. The number of hydrogen-bond acceptors (Lipinski definition) is 5. The molecule has 4 aromatic rings. The molecule has 0 saturated carbocycles. The molecule has 0 saturated heterocycles. The first-order valence-electron chi connectivity index (χ1n) is 8.03. The largest absolute Gasteiger partial charge is 0.497 e. The average molecular weight is 366 g/mol. The maximum Gasteiger partial charge on any atom is 0.168 e. The van der Waals surface area contributed by atoms with Crippen molar-refractivity contribution < 1.29 is 4.74 Å². The van der Waals surface area contributed by atoms with Crippen LogP contribution in [0.5, 0.6) is 5.75 Å². The zero-order valence-electron chi connectivity index (χ0n) is 14.3. The molecule has 0 unspecified atom stereocenters. The zero-order chi connectivity index (χ0) is 18.1. The average Bonchev–Trinajstić information content (AvgIpc) is 3.01. The molecule has 0 radical (unpaired) electrons. The molecular weight excluding hydrogens is 350 g/mol. The van der Waals surface area contributed by atoms with Crippen LogP contribution in [-0.4, -0.2) is 26.9 Å². The van der Waals surface area contributed by atoms with E-state index in [9.17, 15) is 0 Å². The van der Waals surface area contributed by atoms with E-state index in [2.05, 4.69) is 20.4 Å². The van der Waals surface area contributed by atoms with E-state index in [1.54, 1.807) is 11.8 Å². The van der Waals surface area contributed by atoms with Crippen molar-refractivity contribution in [2.75, 3.05) is 12.4 Å². The third kappa shape index (κ3) is 2.95. The molecule has 26 heavy (non-hydrogen) atoms. The predicted molar refractivity (Wildman–Crippen MR) is 103 cm³/mol. The monoisotopic (exact) mass is 365 g/mol. The predicted octanol–water partition coefficient (Wildman–Crippen LogP) is 4.53. The fourth-order valence-electron chi connectivity index (χ4n) is 2.79. The maximum absolute atomic E-state index is 5.99. The molecule has 0 spiro atoms. The highest BCUT2D eigenvalue weighted by atomic mass is 35.5. The number of nitrogens with one attached hydrogen (secondary N) is 1. The summed E-state index contributed by atoms with van der Waals surface area (Å²) >= 11 is 5.99. The number of aromatic nitrogens is 4. The number of hydrogen-bond donors (Lipinski definition) is 1. The molecule has 130 valence electrons. The lowest BCUT2D eigenvalue weighted by Gasteiger charge is -2.08. The Morgan fingerprint density at radius 1 is 1.00 bits per heavy atom. The minimum atomic E-state index is 0.679. The second kappa shape index (κ2) is 6.65. The lowest BCUT2D eigenvalue weighted by Crippen LogP contribution is -1.99. The Balaban J connectivity index is 1.78. The third-order valence-electron chi connectivity index (χ3n) is 4.06. The summed E-state index contributed by atoms with van der Waals surface area (Å²) in [5.41, 5.74) is 3.37. The van der Waals surface area contributed by atoms with Crippen molar-refractivity contribution in [3.05, 3.63) is 65.6 Å². The highest BCUT2D eigenvalue weighted by Crippen LogP contribution is 2.28. The number of anilines is 2. The van der Waals surface area contributed by atoms with Gasteiger partial charge in [0.15, 0.2) is 5.65 Å². The summed E-state index contributed by atoms with van der Waals surface area (Å²) in [7, 11) is 1.64. The van der Waals surface area contributed by atoms with Crippen LogP contribution >= 0.6 is 11.6 Å². The Morgan fingerprint density at radius 2 is 1.73 bits per heavy atom. The van der Waals surface area contributed by atoms with Gasteiger partial charge >= 0.3 is 0 Å². The maximum atomic E-state index is 5.99. The van der Waals surface area contributed by atoms with Crippen molar-refractivity contribution in [3.63, 3.8) is 0 Å². The first-order valence-corrected chi connectivity index (χ1v) is 8.41. The van der Waals surface area contributed by atoms with Crippen molar-refractivity contribution in [1.29, 1.82) is 0 Å². The number of rotatable bonds is 4. The van der Waals surface area contributed by atoms with Crippen molar-refractivity contribution in [3.8, 4) is 11.4 Å². The Morgan fingerprint density at radius 3 is 2.42 bits per heavy atom. The molecule has 0 atom stereocenters. The minimum absolute atomic E-state index is 0.679. The van der Waals surface area contributed by atoms with E-state index in [1.807, 2.05) is 55.5 Å². The first kappa shape index (κ1) is 16.4. The van der Waals surface area contributed by atoms with Gasteiger partial charge in [-0.2, -0.15) is 5.10 Å². The summed E-state index contributed by atoms with van der Waals surface area (Å²) in [4.78, 5) is 8.83. The molecule has 2 heterocycles. The van der Waals surface area contributed by atoms with Crippen LogP contribution in [-0.2, 0) is 0 Å². The fraction of sp³-hybridized carbons (Fsp3) is 0.105. The molecule has 2 aromatic carbocycles. The van der Waals surface area contributed by atoms with Gasteiger partial charge in [0.25, 0.3) is 0 Å². The second-order valence-electron chi connectivity index (χ2n) is 5.75. The van der Waals surface area contributed by atoms with Crippen molar-refractivity contribution in [2.24, 2.45) is 0 Å². The molecule has 1 N–H and O–H groups in total. The third-order valence-corrected chi connectivity index (χ3v) is 4.32. The number of fused-ring (bicyclic) bond motifs is 1. The molecule has 4 rings (SSSR count). The van der Waals surface area contributed by atoms with Crippen LogP contribution in [0.3, 0.4) is 0 Å². The van der Waals surface area contributed by atoms with E-state index in [1.165, 1.54) is 6.33 Å². The standard InChI is InChI=1S/C19H16ClN5O/c1-12-17-18(23-14-5-9-16(26-2)10-6-14)21-11-22-19(17)25(24-12)15-7-3-13(20)4-8-15/h3-11H,1-2H3,(H,21,22,23). The second-order valence-corrected chi connectivity index (χ2v) is 6.18. The Labute approximate surface area is 155 Å². The van der Waals surface area contributed by atoms with Crippen LogP contribution in [0.2, 0.25) is 5.02 Å². The number of aryl methyl sites for hydroxylation is 1. The summed E-state index contributed by atoms with van der Waals surface area (Å²) in [5.74, 6) is 1.51. The van der Waals surface area contributed by atoms with Crippen LogP contribution in [0.1, 0.15) is 5.69 Å². The number of nitrogens with zero attached hydrogens (tertiary/aromatic N) is 4. The summed E-state index contributed by atoms with van der Waals surface area (Å²) in [5, 5.41) is 9.51.